The Balaban J connectivity index is 1.88. The van der Waals surface area contributed by atoms with Gasteiger partial charge >= 0.3 is 5.97 Å². The third kappa shape index (κ3) is 5.20. The lowest BCUT2D eigenvalue weighted by Crippen LogP contribution is -2.67. The van der Waals surface area contributed by atoms with Crippen molar-refractivity contribution in [3.8, 4) is 0 Å². The molecule has 16 heteroatoms. The monoisotopic (exact) mass is 502 g/mol. The van der Waals surface area contributed by atoms with Crippen LogP contribution in [0.5, 0.6) is 0 Å². The summed E-state index contributed by atoms with van der Waals surface area (Å²) in [6.07, 6.45) is -26.7. The van der Waals surface area contributed by atoms with E-state index in [1.54, 1.807) is 0 Å². The minimum absolute atomic E-state index is 0.804. The maximum absolute atomic E-state index is 11.8. The van der Waals surface area contributed by atoms with Crippen LogP contribution >= 0.6 is 0 Å². The maximum Gasteiger partial charge on any atom is 0.335 e. The van der Waals surface area contributed by atoms with Crippen LogP contribution in [0, 0.1) is 0 Å². The van der Waals surface area contributed by atoms with Gasteiger partial charge in [0, 0.05) is 0 Å². The molecule has 3 aliphatic heterocycles. The predicted molar refractivity (Wildman–Crippen MR) is 100 cm³/mol. The summed E-state index contributed by atoms with van der Waals surface area (Å²) in [6.45, 7) is 0.532. The van der Waals surface area contributed by atoms with Gasteiger partial charge in [-0.25, -0.2) is 4.79 Å². The molecule has 3 saturated heterocycles. The Hall–Kier alpha value is -1.09. The Labute approximate surface area is 192 Å². The Bertz CT molecular complexity index is 693. The van der Waals surface area contributed by atoms with Crippen LogP contribution in [-0.4, -0.2) is 156 Å². The van der Waals surface area contributed by atoms with Crippen LogP contribution in [0.25, 0.3) is 0 Å². The van der Waals surface area contributed by atoms with E-state index in [1.165, 1.54) is 6.92 Å². The van der Waals surface area contributed by atoms with Crippen LogP contribution in [0.3, 0.4) is 0 Å². The Morgan fingerprint density at radius 2 is 1.24 bits per heavy atom. The highest BCUT2D eigenvalue weighted by molar-refractivity contribution is 5.73. The van der Waals surface area contributed by atoms with Crippen molar-refractivity contribution < 1.29 is 79.5 Å². The molecule has 15 atom stereocenters. The van der Waals surface area contributed by atoms with Crippen molar-refractivity contribution in [1.29, 1.82) is 0 Å². The second kappa shape index (κ2) is 10.9. The average Bonchev–Trinajstić information content (AvgIpc) is 2.80. The van der Waals surface area contributed by atoms with Gasteiger partial charge in [0.2, 0.25) is 0 Å². The second-order valence-corrected chi connectivity index (χ2v) is 8.36. The summed E-state index contributed by atoms with van der Waals surface area (Å²) >= 11 is 0. The summed E-state index contributed by atoms with van der Waals surface area (Å²) < 4.78 is 26.3. The first-order chi connectivity index (χ1) is 15.9. The Morgan fingerprint density at radius 3 is 1.79 bits per heavy atom. The van der Waals surface area contributed by atoms with E-state index in [0.29, 0.717) is 0 Å². The highest BCUT2D eigenvalue weighted by Crippen LogP contribution is 2.32. The topological polar surface area (TPSA) is 266 Å². The van der Waals surface area contributed by atoms with E-state index in [4.69, 9.17) is 23.7 Å². The molecular weight excluding hydrogens is 472 g/mol. The SMILES string of the molecule is CC1OC(OC2C(C(=O)O)OC(O)C(O)C2OC2OC(CO)C(O)C(O)C2O)C(O)C(O)C1O. The minimum Gasteiger partial charge on any atom is -0.479 e. The molecule has 0 radical (unpaired) electrons. The molecule has 0 aromatic heterocycles. The molecule has 16 nitrogen and oxygen atoms in total. The van der Waals surface area contributed by atoms with Crippen molar-refractivity contribution in [2.24, 2.45) is 0 Å². The zero-order valence-corrected chi connectivity index (χ0v) is 17.8. The summed E-state index contributed by atoms with van der Waals surface area (Å²) in [5, 5.41) is 99.5. The Morgan fingerprint density at radius 1 is 0.706 bits per heavy atom. The van der Waals surface area contributed by atoms with Crippen molar-refractivity contribution in [1.82, 2.24) is 0 Å². The van der Waals surface area contributed by atoms with Crippen LogP contribution in [0.1, 0.15) is 6.92 Å². The number of ether oxygens (including phenoxy) is 5. The smallest absolute Gasteiger partial charge is 0.335 e. The van der Waals surface area contributed by atoms with Gasteiger partial charge in [-0.1, -0.05) is 0 Å². The molecule has 15 unspecified atom stereocenters. The molecule has 0 aromatic rings. The highest BCUT2D eigenvalue weighted by Gasteiger charge is 2.55. The van der Waals surface area contributed by atoms with Crippen molar-refractivity contribution >= 4 is 5.97 Å². The number of hydrogen-bond acceptors (Lipinski definition) is 15. The second-order valence-electron chi connectivity index (χ2n) is 8.36. The minimum atomic E-state index is -2.13. The van der Waals surface area contributed by atoms with Crippen molar-refractivity contribution in [2.75, 3.05) is 6.61 Å². The summed E-state index contributed by atoms with van der Waals surface area (Å²) in [7, 11) is 0. The molecular formula is C18H30O16. The van der Waals surface area contributed by atoms with Crippen molar-refractivity contribution in [3.05, 3.63) is 0 Å². The van der Waals surface area contributed by atoms with Gasteiger partial charge < -0.3 is 74.7 Å². The van der Waals surface area contributed by atoms with Crippen LogP contribution in [-0.2, 0) is 28.5 Å². The fourth-order valence-electron chi connectivity index (χ4n) is 3.96. The molecule has 0 amide bonds. The fourth-order valence-corrected chi connectivity index (χ4v) is 3.96. The van der Waals surface area contributed by atoms with Crippen LogP contribution in [0.2, 0.25) is 0 Å². The van der Waals surface area contributed by atoms with Gasteiger partial charge in [-0.2, -0.15) is 0 Å². The molecule has 34 heavy (non-hydrogen) atoms. The molecule has 198 valence electrons. The van der Waals surface area contributed by atoms with Gasteiger partial charge in [-0.05, 0) is 6.92 Å². The molecule has 3 heterocycles. The summed E-state index contributed by atoms with van der Waals surface area (Å²) in [6, 6.07) is 0. The molecule has 0 aliphatic carbocycles. The molecule has 0 aromatic carbocycles. The zero-order valence-electron chi connectivity index (χ0n) is 17.8. The van der Waals surface area contributed by atoms with Gasteiger partial charge in [-0.15, -0.1) is 0 Å². The predicted octanol–water partition coefficient (Wildman–Crippen LogP) is -6.45. The van der Waals surface area contributed by atoms with E-state index < -0.39 is 105 Å². The number of aliphatic hydroxyl groups is 9. The average molecular weight is 502 g/mol. The van der Waals surface area contributed by atoms with E-state index in [2.05, 4.69) is 0 Å². The zero-order chi connectivity index (χ0) is 25.5. The van der Waals surface area contributed by atoms with E-state index in [0.717, 1.165) is 0 Å². The number of hydrogen-bond donors (Lipinski definition) is 10. The van der Waals surface area contributed by atoms with Gasteiger partial charge in [-0.3, -0.25) is 0 Å². The standard InChI is InChI=1S/C18H30O16/c1-3-5(20)7(22)9(24)17(30-3)34-13-12(11(26)16(29)32-14(13)15(27)28)33-18-10(25)8(23)6(21)4(2-19)31-18/h3-14,16-26,29H,2H2,1H3,(H,27,28). The van der Waals surface area contributed by atoms with Crippen LogP contribution < -0.4 is 0 Å². The van der Waals surface area contributed by atoms with E-state index in [9.17, 15) is 55.9 Å². The van der Waals surface area contributed by atoms with E-state index >= 15 is 0 Å². The lowest BCUT2D eigenvalue weighted by molar-refractivity contribution is -0.378. The molecule has 3 fully saturated rings. The van der Waals surface area contributed by atoms with Gasteiger partial charge in [0.15, 0.2) is 25.0 Å². The number of carboxylic acid groups (broad SMARTS) is 1. The molecule has 0 bridgehead atoms. The van der Waals surface area contributed by atoms with E-state index in [-0.39, 0.29) is 0 Å². The van der Waals surface area contributed by atoms with Crippen molar-refractivity contribution in [3.63, 3.8) is 0 Å². The van der Waals surface area contributed by atoms with Crippen LogP contribution in [0.15, 0.2) is 0 Å². The number of rotatable bonds is 6. The number of aliphatic carboxylic acids is 1. The summed E-state index contributed by atoms with van der Waals surface area (Å²) in [4.78, 5) is 11.8. The van der Waals surface area contributed by atoms with Gasteiger partial charge in [0.05, 0.1) is 12.7 Å². The van der Waals surface area contributed by atoms with Gasteiger partial charge in [0.25, 0.3) is 0 Å². The largest absolute Gasteiger partial charge is 0.479 e. The first kappa shape index (κ1) is 27.5. The third-order valence-corrected chi connectivity index (χ3v) is 6.02. The summed E-state index contributed by atoms with van der Waals surface area (Å²) in [5.41, 5.74) is 0. The van der Waals surface area contributed by atoms with Crippen molar-refractivity contribution in [2.45, 2.75) is 99.0 Å². The summed E-state index contributed by atoms with van der Waals surface area (Å²) in [5.74, 6) is -1.70. The fraction of sp³-hybridized carbons (Fsp3) is 0.944. The molecule has 0 saturated carbocycles. The molecule has 3 rings (SSSR count). The normalized spacial score (nSPS) is 52.4. The third-order valence-electron chi connectivity index (χ3n) is 6.02. The Kier molecular flexibility index (Phi) is 8.81. The first-order valence-electron chi connectivity index (χ1n) is 10.4. The first-order valence-corrected chi connectivity index (χ1v) is 10.4. The van der Waals surface area contributed by atoms with Crippen LogP contribution in [0.4, 0.5) is 0 Å². The molecule has 0 spiro atoms. The highest BCUT2D eigenvalue weighted by atomic mass is 16.8. The lowest BCUT2D eigenvalue weighted by Gasteiger charge is -2.47. The quantitative estimate of drug-likeness (QED) is 0.162. The van der Waals surface area contributed by atoms with Gasteiger partial charge in [0.1, 0.15) is 61.0 Å². The number of aliphatic hydroxyl groups excluding tert-OH is 9. The lowest BCUT2D eigenvalue weighted by atomic mass is 9.96. The van der Waals surface area contributed by atoms with E-state index in [1.807, 2.05) is 0 Å². The number of carbonyl (C=O) groups is 1. The molecule has 10 N–H and O–H groups in total. The maximum atomic E-state index is 11.8. The number of carboxylic acids is 1. The molecule has 3 aliphatic rings.